The Morgan fingerprint density at radius 3 is 0.778 bits per heavy atom. The monoisotopic (exact) mass is 723 g/mol. The molecule has 4 aromatic rings. The van der Waals surface area contributed by atoms with Crippen LogP contribution in [0.3, 0.4) is 0 Å². The summed E-state index contributed by atoms with van der Waals surface area (Å²) < 4.78 is 0. The van der Waals surface area contributed by atoms with E-state index in [1.54, 1.807) is 0 Å². The standard InChI is InChI=1S/C45H57N9/c1-28-49-40(4,5)43(10,11)52(28)34-16-19-37(46-25-34)31-22-32(38-20-17-35(26-47-38)53-29(2)50-41(6,7)44(53,12)13)24-33(23-31)39-21-18-36(27-48-39)54-30(3)51-42(8,9)45(54,14)15/h16-27H,1-15H3. The van der Waals surface area contributed by atoms with Gasteiger partial charge >= 0.3 is 0 Å². The van der Waals surface area contributed by atoms with Crippen LogP contribution in [0, 0.1) is 0 Å². The zero-order valence-electron chi connectivity index (χ0n) is 35.0. The second kappa shape index (κ2) is 12.0. The van der Waals surface area contributed by atoms with Gasteiger partial charge in [0.25, 0.3) is 0 Å². The smallest absolute Gasteiger partial charge is 0.102 e. The predicted octanol–water partition coefficient (Wildman–Crippen LogP) is 10.3. The predicted molar refractivity (Wildman–Crippen MR) is 227 cm³/mol. The lowest BCUT2D eigenvalue weighted by Gasteiger charge is -2.41. The van der Waals surface area contributed by atoms with Gasteiger partial charge in [0, 0.05) is 16.7 Å². The van der Waals surface area contributed by atoms with Gasteiger partial charge in [0.2, 0.25) is 0 Å². The van der Waals surface area contributed by atoms with E-state index in [9.17, 15) is 0 Å². The molecule has 0 saturated heterocycles. The third-order valence-electron chi connectivity index (χ3n) is 13.3. The van der Waals surface area contributed by atoms with Crippen LogP contribution in [0.5, 0.6) is 0 Å². The molecule has 7 rings (SSSR count). The first-order valence-electron chi connectivity index (χ1n) is 19.1. The average molecular weight is 724 g/mol. The van der Waals surface area contributed by atoms with E-state index < -0.39 is 0 Å². The van der Waals surface area contributed by atoms with Crippen LogP contribution >= 0.6 is 0 Å². The van der Waals surface area contributed by atoms with Gasteiger partial charge in [-0.15, -0.1) is 0 Å². The van der Waals surface area contributed by atoms with E-state index in [-0.39, 0.29) is 33.2 Å². The van der Waals surface area contributed by atoms with Gasteiger partial charge in [-0.1, -0.05) is 0 Å². The minimum atomic E-state index is -0.220. The molecule has 282 valence electrons. The summed E-state index contributed by atoms with van der Waals surface area (Å²) in [6.45, 7) is 32.8. The second-order valence-corrected chi connectivity index (χ2v) is 18.3. The van der Waals surface area contributed by atoms with Crippen LogP contribution in [0.2, 0.25) is 0 Å². The van der Waals surface area contributed by atoms with Gasteiger partial charge in [-0.3, -0.25) is 29.9 Å². The number of pyridine rings is 3. The minimum absolute atomic E-state index is 0.197. The van der Waals surface area contributed by atoms with Gasteiger partial charge in [0.15, 0.2) is 0 Å². The van der Waals surface area contributed by atoms with Crippen molar-refractivity contribution in [2.24, 2.45) is 15.0 Å². The van der Waals surface area contributed by atoms with Crippen molar-refractivity contribution in [2.75, 3.05) is 14.7 Å². The van der Waals surface area contributed by atoms with E-state index in [1.165, 1.54) is 0 Å². The Morgan fingerprint density at radius 2 is 0.611 bits per heavy atom. The number of benzene rings is 1. The fraction of sp³-hybridized carbons (Fsp3) is 0.467. The highest BCUT2D eigenvalue weighted by Gasteiger charge is 2.50. The maximum Gasteiger partial charge on any atom is 0.102 e. The molecule has 0 aliphatic carbocycles. The first-order chi connectivity index (χ1) is 25.0. The molecule has 0 saturated carbocycles. The molecule has 3 aliphatic rings. The van der Waals surface area contributed by atoms with Crippen LogP contribution < -0.4 is 14.7 Å². The van der Waals surface area contributed by atoms with Gasteiger partial charge in [0.1, 0.15) is 17.5 Å². The van der Waals surface area contributed by atoms with Gasteiger partial charge in [-0.2, -0.15) is 0 Å². The summed E-state index contributed by atoms with van der Waals surface area (Å²) in [7, 11) is 0. The van der Waals surface area contributed by atoms with Crippen LogP contribution in [-0.4, -0.2) is 65.7 Å². The number of aromatic nitrogens is 3. The van der Waals surface area contributed by atoms with Crippen molar-refractivity contribution in [3.05, 3.63) is 73.2 Å². The summed E-state index contributed by atoms with van der Waals surface area (Å²) in [6.07, 6.45) is 5.91. The van der Waals surface area contributed by atoms with Crippen LogP contribution in [0.25, 0.3) is 33.8 Å². The number of aliphatic imine (C=N–C) groups is 3. The summed E-state index contributed by atoms with van der Waals surface area (Å²) in [4.78, 5) is 37.0. The Kier molecular flexibility index (Phi) is 8.34. The van der Waals surface area contributed by atoms with Crippen LogP contribution in [0.1, 0.15) is 104 Å². The highest BCUT2D eigenvalue weighted by Crippen LogP contribution is 2.44. The lowest BCUT2D eigenvalue weighted by Crippen LogP contribution is -2.53. The van der Waals surface area contributed by atoms with Crippen molar-refractivity contribution < 1.29 is 0 Å². The zero-order chi connectivity index (χ0) is 39.4. The Labute approximate surface area is 322 Å². The minimum Gasteiger partial charge on any atom is -0.321 e. The van der Waals surface area contributed by atoms with Gasteiger partial charge in [-0.05, 0) is 158 Å². The number of amidine groups is 3. The van der Waals surface area contributed by atoms with Crippen LogP contribution in [-0.2, 0) is 0 Å². The molecule has 0 unspecified atom stereocenters. The van der Waals surface area contributed by atoms with Crippen molar-refractivity contribution in [3.8, 4) is 33.8 Å². The van der Waals surface area contributed by atoms with Crippen molar-refractivity contribution in [1.29, 1.82) is 0 Å². The largest absolute Gasteiger partial charge is 0.321 e. The zero-order valence-corrected chi connectivity index (χ0v) is 35.0. The molecule has 9 nitrogen and oxygen atoms in total. The quantitative estimate of drug-likeness (QED) is 0.197. The summed E-state index contributed by atoms with van der Waals surface area (Å²) in [5.41, 5.74) is 7.45. The molecule has 0 atom stereocenters. The molecule has 0 radical (unpaired) electrons. The van der Waals surface area contributed by atoms with E-state index in [0.29, 0.717) is 0 Å². The Balaban J connectivity index is 1.28. The van der Waals surface area contributed by atoms with Crippen molar-refractivity contribution in [3.63, 3.8) is 0 Å². The third-order valence-corrected chi connectivity index (χ3v) is 13.3. The molecule has 0 spiro atoms. The molecule has 0 N–H and O–H groups in total. The normalized spacial score (nSPS) is 21.6. The number of nitrogens with zero attached hydrogens (tertiary/aromatic N) is 9. The number of rotatable bonds is 6. The van der Waals surface area contributed by atoms with Crippen LogP contribution in [0.4, 0.5) is 17.1 Å². The number of hydrogen-bond acceptors (Lipinski definition) is 9. The molecule has 3 aromatic heterocycles. The summed E-state index contributed by atoms with van der Waals surface area (Å²) >= 11 is 0. The van der Waals surface area contributed by atoms with Crippen molar-refractivity contribution in [2.45, 2.75) is 137 Å². The number of anilines is 3. The summed E-state index contributed by atoms with van der Waals surface area (Å²) in [5.74, 6) is 2.99. The SMILES string of the molecule is CC1=NC(C)(C)C(C)(C)N1c1ccc(-c2cc(-c3ccc(N4C(C)=NC(C)(C)C4(C)C)cn3)cc(-c3ccc(N4C(C)=NC(C)(C)C4(C)C)cn3)c2)nc1. The molecule has 3 aliphatic heterocycles. The second-order valence-electron chi connectivity index (χ2n) is 18.3. The summed E-state index contributed by atoms with van der Waals surface area (Å²) in [5, 5.41) is 0. The highest BCUT2D eigenvalue weighted by atomic mass is 15.4. The molecular weight excluding hydrogens is 667 g/mol. The lowest BCUT2D eigenvalue weighted by molar-refractivity contribution is 0.338. The molecule has 0 amide bonds. The van der Waals surface area contributed by atoms with E-state index in [0.717, 1.165) is 68.3 Å². The molecule has 6 heterocycles. The van der Waals surface area contributed by atoms with Gasteiger partial charge in [0.05, 0.1) is 86.0 Å². The molecule has 54 heavy (non-hydrogen) atoms. The highest BCUT2D eigenvalue weighted by molar-refractivity contribution is 6.02. The van der Waals surface area contributed by atoms with Crippen molar-refractivity contribution in [1.82, 2.24) is 15.0 Å². The van der Waals surface area contributed by atoms with E-state index >= 15 is 0 Å². The fourth-order valence-corrected chi connectivity index (χ4v) is 8.48. The maximum absolute atomic E-state index is 5.04. The maximum atomic E-state index is 5.04. The van der Waals surface area contributed by atoms with Crippen molar-refractivity contribution >= 4 is 34.6 Å². The Hall–Kier alpha value is -4.92. The molecule has 0 bridgehead atoms. The fourth-order valence-electron chi connectivity index (χ4n) is 8.48. The van der Waals surface area contributed by atoms with Gasteiger partial charge < -0.3 is 14.7 Å². The van der Waals surface area contributed by atoms with Crippen LogP contribution in [0.15, 0.2) is 88.2 Å². The van der Waals surface area contributed by atoms with E-state index in [4.69, 9.17) is 29.9 Å². The molecular formula is C45H57N9. The Bertz CT molecular complexity index is 1940. The lowest BCUT2D eigenvalue weighted by atomic mass is 9.83. The van der Waals surface area contributed by atoms with E-state index in [2.05, 4.69) is 173 Å². The topological polar surface area (TPSA) is 85.5 Å². The van der Waals surface area contributed by atoms with Gasteiger partial charge in [-0.25, -0.2) is 0 Å². The first-order valence-corrected chi connectivity index (χ1v) is 19.1. The molecule has 0 fully saturated rings. The average Bonchev–Trinajstić information content (AvgIpc) is 3.44. The van der Waals surface area contributed by atoms with E-state index in [1.807, 2.05) is 18.6 Å². The third kappa shape index (κ3) is 5.64. The summed E-state index contributed by atoms with van der Waals surface area (Å²) in [6, 6.07) is 19.3. The Morgan fingerprint density at radius 1 is 0.370 bits per heavy atom. The molecule has 1 aromatic carbocycles. The molecule has 9 heteroatoms. The first kappa shape index (κ1) is 37.4. The number of hydrogen-bond donors (Lipinski definition) is 0.